The number of hydrogen-bond donors (Lipinski definition) is 4. The maximum atomic E-state index is 13.4. The minimum Gasteiger partial charge on any atom is -0.489 e. The number of hydroxylamine groups is 2. The van der Waals surface area contributed by atoms with Gasteiger partial charge < -0.3 is 25.7 Å². The van der Waals surface area contributed by atoms with E-state index in [9.17, 15) is 27.9 Å². The van der Waals surface area contributed by atoms with Crippen molar-refractivity contribution in [1.29, 1.82) is 0 Å². The molecular formula is C32H40N6O10S2. The van der Waals surface area contributed by atoms with E-state index in [2.05, 4.69) is 19.7 Å². The van der Waals surface area contributed by atoms with Gasteiger partial charge in [-0.3, -0.25) is 19.1 Å². The third kappa shape index (κ3) is 9.30. The minimum absolute atomic E-state index is 0.0127. The number of aromatic nitrogens is 2. The number of ether oxygens (including phenoxy) is 1. The fourth-order valence-electron chi connectivity index (χ4n) is 5.74. The molecule has 2 aliphatic heterocycles. The van der Waals surface area contributed by atoms with E-state index in [0.29, 0.717) is 10.8 Å². The van der Waals surface area contributed by atoms with Crippen LogP contribution in [0.5, 0.6) is 5.75 Å². The lowest BCUT2D eigenvalue weighted by Crippen LogP contribution is -2.68. The zero-order valence-corrected chi connectivity index (χ0v) is 29.2. The van der Waals surface area contributed by atoms with Crippen LogP contribution in [-0.4, -0.2) is 87.8 Å². The number of nitrogens with zero attached hydrogens (tertiary/aromatic N) is 4. The van der Waals surface area contributed by atoms with Gasteiger partial charge in [-0.25, -0.2) is 9.78 Å². The van der Waals surface area contributed by atoms with E-state index in [4.69, 9.17) is 24.8 Å². The molecule has 5 rings (SSSR count). The Kier molecular flexibility index (Phi) is 11.7. The van der Waals surface area contributed by atoms with Crippen molar-refractivity contribution in [2.24, 2.45) is 17.0 Å². The van der Waals surface area contributed by atoms with E-state index in [1.54, 1.807) is 18.2 Å². The quantitative estimate of drug-likeness (QED) is 0.0456. The number of thiazole rings is 1. The first-order valence-corrected chi connectivity index (χ1v) is 18.4. The zero-order chi connectivity index (χ0) is 36.1. The fraction of sp³-hybridized carbons (Fsp3) is 0.500. The monoisotopic (exact) mass is 732 g/mol. The zero-order valence-electron chi connectivity index (χ0n) is 27.6. The Morgan fingerprint density at radius 3 is 2.56 bits per heavy atom. The van der Waals surface area contributed by atoms with Gasteiger partial charge in [0.1, 0.15) is 18.1 Å². The van der Waals surface area contributed by atoms with Crippen molar-refractivity contribution in [2.45, 2.75) is 70.4 Å². The summed E-state index contributed by atoms with van der Waals surface area (Å²) in [7, 11) is -4.99. The molecule has 3 aromatic rings. The van der Waals surface area contributed by atoms with Crippen LogP contribution in [0.1, 0.15) is 63.8 Å². The average Bonchev–Trinajstić information content (AvgIpc) is 3.47. The Morgan fingerprint density at radius 1 is 1.16 bits per heavy atom. The average molecular weight is 733 g/mol. The summed E-state index contributed by atoms with van der Waals surface area (Å²) in [6.07, 6.45) is 4.79. The van der Waals surface area contributed by atoms with E-state index in [1.165, 1.54) is 44.9 Å². The topological polar surface area (TPSA) is 233 Å². The number of rotatable bonds is 19. The van der Waals surface area contributed by atoms with Crippen molar-refractivity contribution in [3.8, 4) is 5.75 Å². The van der Waals surface area contributed by atoms with Crippen molar-refractivity contribution < 1.29 is 46.3 Å². The standard InChI is InChI=1S/C32H40N6O10S2/c1-32(2)23(29(40)38(32)48-50(43,44)45)14-26(39)28(25-18-49-31(33)36-25)37-47-27(30(41)42)17-46-22-11-12-24-20(13-22)9-10-21(35-24)8-6-4-3-5-7-19-15-34-16-19/h9-13,18-19,23,27,34H,3-8,14-17H2,1-2H3,(H2,33,36)(H,41,42)(H,43,44,45)/b37-28-/t23?,27-/m0/s1. The number of nitrogens with one attached hydrogen (secondary N) is 1. The number of carbonyl (C=O) groups is 3. The van der Waals surface area contributed by atoms with Gasteiger partial charge >= 0.3 is 16.4 Å². The SMILES string of the molecule is CC1(C)C(CC(=O)/C(=N\O[C@@H](COc2ccc3nc(CCCCCCC4CNC4)ccc3c2)C(=O)O)c2csc(N)n2)C(=O)N1OS(=O)(=O)O. The highest BCUT2D eigenvalue weighted by Gasteiger charge is 2.57. The van der Waals surface area contributed by atoms with E-state index in [1.807, 2.05) is 12.1 Å². The smallest absolute Gasteiger partial charge is 0.418 e. The number of Topliss-reactive ketones (excluding diaryl/α,β-unsaturated/α-hetero) is 1. The van der Waals surface area contributed by atoms with Gasteiger partial charge in [-0.05, 0) is 76.4 Å². The number of unbranched alkanes of at least 4 members (excludes halogenated alkanes) is 3. The number of ketones is 1. The number of pyridine rings is 1. The Morgan fingerprint density at radius 2 is 1.92 bits per heavy atom. The number of benzene rings is 1. The molecule has 2 atom stereocenters. The van der Waals surface area contributed by atoms with Gasteiger partial charge in [0.2, 0.25) is 0 Å². The van der Waals surface area contributed by atoms with Crippen molar-refractivity contribution in [1.82, 2.24) is 20.3 Å². The highest BCUT2D eigenvalue weighted by atomic mass is 32.3. The number of carbonyl (C=O) groups excluding carboxylic acids is 2. The molecule has 1 aromatic carbocycles. The maximum Gasteiger partial charge on any atom is 0.418 e. The second kappa shape index (κ2) is 15.8. The van der Waals surface area contributed by atoms with E-state index in [-0.39, 0.29) is 10.8 Å². The Bertz CT molecular complexity index is 1860. The molecule has 18 heteroatoms. The fourth-order valence-corrected chi connectivity index (χ4v) is 6.74. The van der Waals surface area contributed by atoms with E-state index in [0.717, 1.165) is 59.8 Å². The summed E-state index contributed by atoms with van der Waals surface area (Å²) in [5.41, 5.74) is 5.80. The largest absolute Gasteiger partial charge is 0.489 e. The Hall–Kier alpha value is -4.23. The number of oxime groups is 1. The lowest BCUT2D eigenvalue weighted by atomic mass is 9.74. The van der Waals surface area contributed by atoms with E-state index < -0.39 is 64.4 Å². The summed E-state index contributed by atoms with van der Waals surface area (Å²) < 4.78 is 41.3. The van der Waals surface area contributed by atoms with Crippen LogP contribution in [0.2, 0.25) is 0 Å². The van der Waals surface area contributed by atoms with Crippen LogP contribution < -0.4 is 15.8 Å². The summed E-state index contributed by atoms with van der Waals surface area (Å²) >= 11 is 0.996. The Labute approximate surface area is 292 Å². The third-order valence-corrected chi connectivity index (χ3v) is 9.80. The van der Waals surface area contributed by atoms with Crippen LogP contribution in [0.4, 0.5) is 5.13 Å². The third-order valence-electron chi connectivity index (χ3n) is 8.79. The number of nitrogen functional groups attached to an aromatic ring is 1. The first-order valence-electron chi connectivity index (χ1n) is 16.2. The molecule has 16 nitrogen and oxygen atoms in total. The number of β-lactam (4-membered cyclic amide) rings is 1. The molecule has 50 heavy (non-hydrogen) atoms. The normalized spacial score (nSPS) is 18.4. The van der Waals surface area contributed by atoms with Crippen LogP contribution in [0.25, 0.3) is 10.9 Å². The highest BCUT2D eigenvalue weighted by Crippen LogP contribution is 2.40. The number of fused-ring (bicyclic) bond motifs is 1. The number of amides is 1. The molecule has 2 fully saturated rings. The van der Waals surface area contributed by atoms with Crippen molar-refractivity contribution >= 4 is 61.1 Å². The van der Waals surface area contributed by atoms with Gasteiger partial charge in [-0.1, -0.05) is 30.5 Å². The van der Waals surface area contributed by atoms with Gasteiger partial charge in [0, 0.05) is 22.9 Å². The molecule has 270 valence electrons. The molecule has 2 aliphatic rings. The lowest BCUT2D eigenvalue weighted by molar-refractivity contribution is -0.228. The van der Waals surface area contributed by atoms with Crippen LogP contribution in [0.3, 0.4) is 0 Å². The molecule has 5 N–H and O–H groups in total. The van der Waals surface area contributed by atoms with Crippen LogP contribution >= 0.6 is 11.3 Å². The second-order valence-corrected chi connectivity index (χ2v) is 14.8. The second-order valence-electron chi connectivity index (χ2n) is 12.9. The molecule has 1 unspecified atom stereocenters. The molecule has 4 heterocycles. The summed E-state index contributed by atoms with van der Waals surface area (Å²) in [5.74, 6) is -2.90. The molecule has 0 saturated carbocycles. The number of anilines is 1. The number of carboxylic acid groups (broad SMARTS) is 1. The Balaban J connectivity index is 1.18. The highest BCUT2D eigenvalue weighted by molar-refractivity contribution is 7.80. The summed E-state index contributed by atoms with van der Waals surface area (Å²) in [6, 6.07) is 9.14. The number of hydrogen-bond acceptors (Lipinski definition) is 14. The van der Waals surface area contributed by atoms with Gasteiger partial charge in [0.05, 0.1) is 17.0 Å². The molecule has 0 spiro atoms. The van der Waals surface area contributed by atoms with E-state index >= 15 is 0 Å². The number of aliphatic carboxylic acids is 1. The minimum atomic E-state index is -4.99. The summed E-state index contributed by atoms with van der Waals surface area (Å²) in [6.45, 7) is 4.70. The van der Waals surface area contributed by atoms with Crippen molar-refractivity contribution in [3.05, 3.63) is 47.1 Å². The first-order chi connectivity index (χ1) is 23.7. The molecule has 0 aliphatic carbocycles. The van der Waals surface area contributed by atoms with Gasteiger partial charge in [-0.2, -0.15) is 13.5 Å². The van der Waals surface area contributed by atoms with Crippen molar-refractivity contribution in [2.75, 3.05) is 25.4 Å². The summed E-state index contributed by atoms with van der Waals surface area (Å²) in [4.78, 5) is 52.1. The number of carboxylic acids is 1. The van der Waals surface area contributed by atoms with Gasteiger partial charge in [-0.15, -0.1) is 15.6 Å². The van der Waals surface area contributed by atoms with Crippen LogP contribution in [-0.2, 0) is 40.3 Å². The number of nitrogens with two attached hydrogens (primary N) is 1. The number of aryl methyl sites for hydroxylation is 1. The van der Waals surface area contributed by atoms with Gasteiger partial charge in [0.15, 0.2) is 16.6 Å². The van der Waals surface area contributed by atoms with Crippen LogP contribution in [0.15, 0.2) is 40.9 Å². The summed E-state index contributed by atoms with van der Waals surface area (Å²) in [5, 5.41) is 19.7. The van der Waals surface area contributed by atoms with Crippen LogP contribution in [0, 0.1) is 11.8 Å². The maximum absolute atomic E-state index is 13.4. The molecule has 2 aromatic heterocycles. The predicted molar refractivity (Wildman–Crippen MR) is 183 cm³/mol. The predicted octanol–water partition coefficient (Wildman–Crippen LogP) is 3.17. The van der Waals surface area contributed by atoms with Crippen molar-refractivity contribution in [3.63, 3.8) is 0 Å². The molecule has 0 bridgehead atoms. The molecular weight excluding hydrogens is 693 g/mol. The lowest BCUT2D eigenvalue weighted by Gasteiger charge is -2.50. The molecule has 2 saturated heterocycles. The first kappa shape index (κ1) is 37.0. The van der Waals surface area contributed by atoms with Gasteiger partial charge in [0.25, 0.3) is 12.0 Å². The molecule has 0 radical (unpaired) electrons. The molecule has 1 amide bonds.